The largest absolute Gasteiger partial charge is 0.381 e. The molecule has 0 bridgehead atoms. The van der Waals surface area contributed by atoms with Crippen LogP contribution < -0.4 is 5.73 Å². The number of hydrogen-bond donors (Lipinski definition) is 1. The molecule has 1 rings (SSSR count). The van der Waals surface area contributed by atoms with E-state index in [-0.39, 0.29) is 30.7 Å². The fraction of sp³-hybridized carbons (Fsp3) is 0.538. The summed E-state index contributed by atoms with van der Waals surface area (Å²) in [7, 11) is 1.32. The van der Waals surface area contributed by atoms with Gasteiger partial charge < -0.3 is 10.5 Å². The number of halogens is 3. The summed E-state index contributed by atoms with van der Waals surface area (Å²) in [5.41, 5.74) is 3.12. The maximum atomic E-state index is 14.7. The van der Waals surface area contributed by atoms with E-state index in [2.05, 4.69) is 0 Å². The van der Waals surface area contributed by atoms with Gasteiger partial charge in [-0.1, -0.05) is 12.1 Å². The smallest absolute Gasteiger partial charge is 0.165 e. The van der Waals surface area contributed by atoms with E-state index in [9.17, 15) is 13.2 Å². The van der Waals surface area contributed by atoms with Crippen molar-refractivity contribution < 1.29 is 17.9 Å². The normalized spacial score (nSPS) is 14.6. The van der Waals surface area contributed by atoms with Gasteiger partial charge in [0.1, 0.15) is 0 Å². The third kappa shape index (κ3) is 3.03. The van der Waals surface area contributed by atoms with Gasteiger partial charge in [-0.05, 0) is 31.9 Å². The Morgan fingerprint density at radius 2 is 1.94 bits per heavy atom. The Hall–Kier alpha value is -1.07. The predicted molar refractivity (Wildman–Crippen MR) is 64.0 cm³/mol. The monoisotopic (exact) mass is 261 g/mol. The van der Waals surface area contributed by atoms with Crippen LogP contribution in [0.3, 0.4) is 0 Å². The molecule has 2 nitrogen and oxygen atoms in total. The molecular formula is C13H18F3NO. The minimum Gasteiger partial charge on any atom is -0.381 e. The third-order valence-electron chi connectivity index (χ3n) is 2.91. The van der Waals surface area contributed by atoms with Gasteiger partial charge in [0, 0.05) is 12.7 Å². The van der Waals surface area contributed by atoms with Crippen LogP contribution in [-0.2, 0) is 10.4 Å². The first-order valence-electron chi connectivity index (χ1n) is 5.79. The van der Waals surface area contributed by atoms with Crippen LogP contribution in [-0.4, -0.2) is 20.3 Å². The van der Waals surface area contributed by atoms with Gasteiger partial charge >= 0.3 is 0 Å². The van der Waals surface area contributed by atoms with Crippen molar-refractivity contribution in [3.63, 3.8) is 0 Å². The van der Waals surface area contributed by atoms with E-state index in [1.807, 2.05) is 0 Å². The SMILES string of the molecule is COCC(F)(CCCN)c1ccc(C)c(F)c1F. The number of rotatable bonds is 6. The molecule has 0 aliphatic heterocycles. The molecule has 2 N–H and O–H groups in total. The fourth-order valence-electron chi connectivity index (χ4n) is 1.89. The zero-order valence-electron chi connectivity index (χ0n) is 10.6. The van der Waals surface area contributed by atoms with Crippen LogP contribution >= 0.6 is 0 Å². The molecule has 0 amide bonds. The topological polar surface area (TPSA) is 35.2 Å². The van der Waals surface area contributed by atoms with Crippen molar-refractivity contribution in [2.24, 2.45) is 5.73 Å². The molecule has 0 radical (unpaired) electrons. The molecule has 0 fully saturated rings. The molecule has 0 saturated carbocycles. The van der Waals surface area contributed by atoms with E-state index in [0.29, 0.717) is 6.42 Å². The molecule has 102 valence electrons. The lowest BCUT2D eigenvalue weighted by atomic mass is 9.90. The third-order valence-corrected chi connectivity index (χ3v) is 2.91. The predicted octanol–water partition coefficient (Wildman–Crippen LogP) is 2.82. The minimum atomic E-state index is -2.05. The number of benzene rings is 1. The molecule has 0 saturated heterocycles. The second-order valence-electron chi connectivity index (χ2n) is 4.35. The first kappa shape index (κ1) is 15.0. The second-order valence-corrected chi connectivity index (χ2v) is 4.35. The summed E-state index contributed by atoms with van der Waals surface area (Å²) < 4.78 is 46.8. The molecule has 1 unspecified atom stereocenters. The Bertz CT molecular complexity index is 411. The molecule has 1 aromatic carbocycles. The highest BCUT2D eigenvalue weighted by Gasteiger charge is 2.35. The summed E-state index contributed by atoms with van der Waals surface area (Å²) in [6, 6.07) is 2.63. The van der Waals surface area contributed by atoms with E-state index in [1.165, 1.54) is 26.2 Å². The zero-order valence-corrected chi connectivity index (χ0v) is 10.6. The Morgan fingerprint density at radius 1 is 1.28 bits per heavy atom. The summed E-state index contributed by atoms with van der Waals surface area (Å²) in [4.78, 5) is 0. The maximum Gasteiger partial charge on any atom is 0.165 e. The Kier molecular flexibility index (Phi) is 5.16. The van der Waals surface area contributed by atoms with Crippen LogP contribution in [0.1, 0.15) is 24.0 Å². The molecule has 1 aromatic rings. The van der Waals surface area contributed by atoms with Crippen LogP contribution in [0.5, 0.6) is 0 Å². The fourth-order valence-corrected chi connectivity index (χ4v) is 1.89. The quantitative estimate of drug-likeness (QED) is 0.854. The summed E-state index contributed by atoms with van der Waals surface area (Å²) in [6.07, 6.45) is 0.367. The van der Waals surface area contributed by atoms with Gasteiger partial charge in [-0.3, -0.25) is 0 Å². The molecule has 0 aromatic heterocycles. The van der Waals surface area contributed by atoms with Gasteiger partial charge in [0.2, 0.25) is 0 Å². The van der Waals surface area contributed by atoms with Gasteiger partial charge in [0.15, 0.2) is 17.3 Å². The number of aryl methyl sites for hydroxylation is 1. The zero-order chi connectivity index (χ0) is 13.8. The van der Waals surface area contributed by atoms with Crippen molar-refractivity contribution in [2.45, 2.75) is 25.4 Å². The highest BCUT2D eigenvalue weighted by Crippen LogP contribution is 2.34. The van der Waals surface area contributed by atoms with Crippen LogP contribution in [0.4, 0.5) is 13.2 Å². The lowest BCUT2D eigenvalue weighted by Crippen LogP contribution is -2.29. The molecule has 5 heteroatoms. The van der Waals surface area contributed by atoms with Crippen molar-refractivity contribution in [1.29, 1.82) is 0 Å². The number of hydrogen-bond acceptors (Lipinski definition) is 2. The van der Waals surface area contributed by atoms with Crippen LogP contribution in [0.25, 0.3) is 0 Å². The van der Waals surface area contributed by atoms with Crippen molar-refractivity contribution in [2.75, 3.05) is 20.3 Å². The number of methoxy groups -OCH3 is 1. The van der Waals surface area contributed by atoms with E-state index in [1.54, 1.807) is 0 Å². The lowest BCUT2D eigenvalue weighted by molar-refractivity contribution is 0.0272. The Balaban J connectivity index is 3.17. The van der Waals surface area contributed by atoms with Crippen molar-refractivity contribution in [3.05, 3.63) is 34.9 Å². The first-order valence-corrected chi connectivity index (χ1v) is 5.79. The van der Waals surface area contributed by atoms with Crippen molar-refractivity contribution in [3.8, 4) is 0 Å². The second kappa shape index (κ2) is 6.20. The number of nitrogens with two attached hydrogens (primary N) is 1. The van der Waals surface area contributed by atoms with Gasteiger partial charge in [-0.25, -0.2) is 13.2 Å². The molecule has 0 heterocycles. The highest BCUT2D eigenvalue weighted by atomic mass is 19.2. The van der Waals surface area contributed by atoms with E-state index in [4.69, 9.17) is 10.5 Å². The van der Waals surface area contributed by atoms with E-state index in [0.717, 1.165) is 0 Å². The molecule has 0 spiro atoms. The van der Waals surface area contributed by atoms with Gasteiger partial charge in [-0.2, -0.15) is 0 Å². The molecule has 1 atom stereocenters. The van der Waals surface area contributed by atoms with Crippen LogP contribution in [0, 0.1) is 18.6 Å². The van der Waals surface area contributed by atoms with Crippen LogP contribution in [0.15, 0.2) is 12.1 Å². The number of ether oxygens (including phenoxy) is 1. The molecular weight excluding hydrogens is 243 g/mol. The van der Waals surface area contributed by atoms with Crippen molar-refractivity contribution >= 4 is 0 Å². The van der Waals surface area contributed by atoms with Gasteiger partial charge in [0.05, 0.1) is 6.61 Å². The van der Waals surface area contributed by atoms with E-state index < -0.39 is 17.3 Å². The van der Waals surface area contributed by atoms with Gasteiger partial charge in [-0.15, -0.1) is 0 Å². The molecule has 0 aliphatic carbocycles. The Morgan fingerprint density at radius 3 is 2.50 bits per heavy atom. The first-order chi connectivity index (χ1) is 8.46. The molecule has 18 heavy (non-hydrogen) atoms. The summed E-state index contributed by atoms with van der Waals surface area (Å²) in [5, 5.41) is 0. The minimum absolute atomic E-state index is 0.00321. The average molecular weight is 261 g/mol. The summed E-state index contributed by atoms with van der Waals surface area (Å²) in [6.45, 7) is 1.38. The van der Waals surface area contributed by atoms with E-state index >= 15 is 0 Å². The standard InChI is InChI=1S/C13H18F3NO/c1-9-4-5-10(12(15)11(9)14)13(16,8-18-2)6-3-7-17/h4-5H,3,6-8,17H2,1-2H3. The molecule has 0 aliphatic rings. The lowest BCUT2D eigenvalue weighted by Gasteiger charge is -2.25. The Labute approximate surface area is 105 Å². The van der Waals surface area contributed by atoms with Gasteiger partial charge in [0.25, 0.3) is 0 Å². The summed E-state index contributed by atoms with van der Waals surface area (Å²) in [5.74, 6) is -2.16. The van der Waals surface area contributed by atoms with Crippen molar-refractivity contribution in [1.82, 2.24) is 0 Å². The number of alkyl halides is 1. The van der Waals surface area contributed by atoms with Crippen LogP contribution in [0.2, 0.25) is 0 Å². The highest BCUT2D eigenvalue weighted by molar-refractivity contribution is 5.30. The maximum absolute atomic E-state index is 14.7. The average Bonchev–Trinajstić information content (AvgIpc) is 2.34. The summed E-state index contributed by atoms with van der Waals surface area (Å²) >= 11 is 0.